The van der Waals surface area contributed by atoms with Crippen LogP contribution >= 0.6 is 0 Å². The molecule has 0 atom stereocenters. The molecule has 1 heteroatoms. The Morgan fingerprint density at radius 2 is 1.92 bits per heavy atom. The summed E-state index contributed by atoms with van der Waals surface area (Å²) in [5.74, 6) is 0.713. The predicted molar refractivity (Wildman–Crippen MR) is 60.6 cm³/mol. The Balaban J connectivity index is 3.57. The number of rotatable bonds is 6. The first-order valence-corrected chi connectivity index (χ1v) is 5.05. The maximum atomic E-state index is 3.89. The zero-order chi connectivity index (χ0) is 10.3. The Morgan fingerprint density at radius 1 is 1.31 bits per heavy atom. The SMILES string of the molecule is C=C(C)CC/C(C)=C\NCC(C)C. The maximum absolute atomic E-state index is 3.89. The Morgan fingerprint density at radius 3 is 2.38 bits per heavy atom. The average molecular weight is 181 g/mol. The van der Waals surface area contributed by atoms with Gasteiger partial charge in [0.25, 0.3) is 0 Å². The second-order valence-corrected chi connectivity index (χ2v) is 4.25. The van der Waals surface area contributed by atoms with Crippen molar-refractivity contribution in [3.05, 3.63) is 23.9 Å². The van der Waals surface area contributed by atoms with Crippen molar-refractivity contribution in [2.45, 2.75) is 40.5 Å². The lowest BCUT2D eigenvalue weighted by atomic mass is 10.1. The highest BCUT2D eigenvalue weighted by Crippen LogP contribution is 2.07. The Hall–Kier alpha value is -0.720. The fourth-order valence-corrected chi connectivity index (χ4v) is 0.952. The van der Waals surface area contributed by atoms with Crippen LogP contribution in [0.2, 0.25) is 0 Å². The standard InChI is InChI=1S/C12H23N/c1-10(2)6-7-12(5)9-13-8-11(3)4/h9,11,13H,1,6-8H2,2-5H3/b12-9-. The van der Waals surface area contributed by atoms with E-state index in [0.29, 0.717) is 5.92 Å². The second kappa shape index (κ2) is 6.76. The first-order chi connectivity index (χ1) is 6.02. The van der Waals surface area contributed by atoms with E-state index in [2.05, 4.69) is 45.8 Å². The summed E-state index contributed by atoms with van der Waals surface area (Å²) in [4.78, 5) is 0. The van der Waals surface area contributed by atoms with Crippen LogP contribution in [-0.2, 0) is 0 Å². The van der Waals surface area contributed by atoms with E-state index in [4.69, 9.17) is 0 Å². The van der Waals surface area contributed by atoms with Crippen molar-refractivity contribution in [2.24, 2.45) is 5.92 Å². The van der Waals surface area contributed by atoms with E-state index in [1.165, 1.54) is 11.1 Å². The minimum atomic E-state index is 0.713. The van der Waals surface area contributed by atoms with E-state index >= 15 is 0 Å². The molecule has 76 valence electrons. The molecule has 0 saturated heterocycles. The number of allylic oxidation sites excluding steroid dienone is 2. The van der Waals surface area contributed by atoms with Gasteiger partial charge in [0.2, 0.25) is 0 Å². The maximum Gasteiger partial charge on any atom is 0.0164 e. The van der Waals surface area contributed by atoms with Crippen LogP contribution in [0, 0.1) is 5.92 Å². The summed E-state index contributed by atoms with van der Waals surface area (Å²) in [5.41, 5.74) is 2.67. The Labute approximate surface area is 82.9 Å². The van der Waals surface area contributed by atoms with E-state index < -0.39 is 0 Å². The van der Waals surface area contributed by atoms with Crippen LogP contribution in [0.5, 0.6) is 0 Å². The fourth-order valence-electron chi connectivity index (χ4n) is 0.952. The molecule has 0 amide bonds. The molecule has 1 N–H and O–H groups in total. The minimum Gasteiger partial charge on any atom is -0.391 e. The third kappa shape index (κ3) is 9.19. The summed E-state index contributed by atoms with van der Waals surface area (Å²) in [6, 6.07) is 0. The largest absolute Gasteiger partial charge is 0.391 e. The van der Waals surface area contributed by atoms with E-state index in [9.17, 15) is 0 Å². The van der Waals surface area contributed by atoms with Crippen molar-refractivity contribution in [1.82, 2.24) is 5.32 Å². The molecule has 0 saturated carbocycles. The monoisotopic (exact) mass is 181 g/mol. The lowest BCUT2D eigenvalue weighted by Crippen LogP contribution is -2.13. The smallest absolute Gasteiger partial charge is 0.0164 e. The Kier molecular flexibility index (Phi) is 6.38. The van der Waals surface area contributed by atoms with Crippen LogP contribution < -0.4 is 5.32 Å². The molecule has 0 spiro atoms. The molecule has 0 fully saturated rings. The highest BCUT2D eigenvalue weighted by molar-refractivity contribution is 5.01. The molecule has 0 aliphatic rings. The van der Waals surface area contributed by atoms with Gasteiger partial charge in [-0.25, -0.2) is 0 Å². The summed E-state index contributed by atoms with van der Waals surface area (Å²) in [6.45, 7) is 13.6. The summed E-state index contributed by atoms with van der Waals surface area (Å²) in [5, 5.41) is 3.32. The van der Waals surface area contributed by atoms with Gasteiger partial charge in [0.15, 0.2) is 0 Å². The van der Waals surface area contributed by atoms with E-state index in [1.807, 2.05) is 0 Å². The van der Waals surface area contributed by atoms with Crippen LogP contribution in [-0.4, -0.2) is 6.54 Å². The summed E-state index contributed by atoms with van der Waals surface area (Å²) in [6.07, 6.45) is 4.36. The van der Waals surface area contributed by atoms with Crippen LogP contribution in [0.4, 0.5) is 0 Å². The zero-order valence-corrected chi connectivity index (χ0v) is 9.48. The van der Waals surface area contributed by atoms with Gasteiger partial charge in [-0.1, -0.05) is 25.0 Å². The molecule has 0 aromatic rings. The lowest BCUT2D eigenvalue weighted by Gasteiger charge is -2.06. The lowest BCUT2D eigenvalue weighted by molar-refractivity contribution is 0.608. The molecular weight excluding hydrogens is 158 g/mol. The first kappa shape index (κ1) is 12.3. The molecule has 0 radical (unpaired) electrons. The van der Waals surface area contributed by atoms with Crippen molar-refractivity contribution in [3.8, 4) is 0 Å². The molecule has 13 heavy (non-hydrogen) atoms. The topological polar surface area (TPSA) is 12.0 Å². The summed E-state index contributed by atoms with van der Waals surface area (Å²) >= 11 is 0. The van der Waals surface area contributed by atoms with Crippen LogP contribution in [0.15, 0.2) is 23.9 Å². The van der Waals surface area contributed by atoms with Gasteiger partial charge < -0.3 is 5.32 Å². The van der Waals surface area contributed by atoms with Gasteiger partial charge in [-0.2, -0.15) is 0 Å². The minimum absolute atomic E-state index is 0.713. The van der Waals surface area contributed by atoms with E-state index in [1.54, 1.807) is 0 Å². The number of hydrogen-bond acceptors (Lipinski definition) is 1. The van der Waals surface area contributed by atoms with E-state index in [0.717, 1.165) is 19.4 Å². The summed E-state index contributed by atoms with van der Waals surface area (Å²) < 4.78 is 0. The van der Waals surface area contributed by atoms with Gasteiger partial charge in [-0.3, -0.25) is 0 Å². The predicted octanol–water partition coefficient (Wildman–Crippen LogP) is 3.49. The van der Waals surface area contributed by atoms with Gasteiger partial charge in [0, 0.05) is 6.54 Å². The third-order valence-corrected chi connectivity index (χ3v) is 1.82. The molecule has 0 rings (SSSR count). The molecule has 0 aliphatic heterocycles. The van der Waals surface area contributed by atoms with Crippen LogP contribution in [0.3, 0.4) is 0 Å². The van der Waals surface area contributed by atoms with Crippen molar-refractivity contribution in [2.75, 3.05) is 6.54 Å². The molecule has 0 aromatic carbocycles. The molecule has 0 aliphatic carbocycles. The van der Waals surface area contributed by atoms with E-state index in [-0.39, 0.29) is 0 Å². The van der Waals surface area contributed by atoms with Crippen molar-refractivity contribution < 1.29 is 0 Å². The van der Waals surface area contributed by atoms with Gasteiger partial charge in [-0.05, 0) is 38.8 Å². The molecule has 0 unspecified atom stereocenters. The second-order valence-electron chi connectivity index (χ2n) is 4.25. The van der Waals surface area contributed by atoms with Crippen LogP contribution in [0.25, 0.3) is 0 Å². The Bertz CT molecular complexity index is 178. The van der Waals surface area contributed by atoms with Gasteiger partial charge in [-0.15, -0.1) is 6.58 Å². The zero-order valence-electron chi connectivity index (χ0n) is 9.48. The number of nitrogens with one attached hydrogen (secondary N) is 1. The van der Waals surface area contributed by atoms with Gasteiger partial charge in [0.05, 0.1) is 0 Å². The number of hydrogen-bond donors (Lipinski definition) is 1. The highest BCUT2D eigenvalue weighted by Gasteiger charge is 1.92. The molecule has 0 heterocycles. The average Bonchev–Trinajstić information content (AvgIpc) is 2.00. The fraction of sp³-hybridized carbons (Fsp3) is 0.667. The van der Waals surface area contributed by atoms with Crippen molar-refractivity contribution in [1.29, 1.82) is 0 Å². The van der Waals surface area contributed by atoms with Crippen molar-refractivity contribution >= 4 is 0 Å². The molecule has 1 nitrogen and oxygen atoms in total. The highest BCUT2D eigenvalue weighted by atomic mass is 14.8. The van der Waals surface area contributed by atoms with Gasteiger partial charge in [0.1, 0.15) is 0 Å². The quantitative estimate of drug-likeness (QED) is 0.618. The molecule has 0 aromatic heterocycles. The van der Waals surface area contributed by atoms with Gasteiger partial charge >= 0.3 is 0 Å². The normalized spacial score (nSPS) is 11.9. The first-order valence-electron chi connectivity index (χ1n) is 5.05. The van der Waals surface area contributed by atoms with Crippen LogP contribution in [0.1, 0.15) is 40.5 Å². The third-order valence-electron chi connectivity index (χ3n) is 1.82. The molecular formula is C12H23N. The summed E-state index contributed by atoms with van der Waals surface area (Å²) in [7, 11) is 0. The van der Waals surface area contributed by atoms with Crippen molar-refractivity contribution in [3.63, 3.8) is 0 Å². The molecule has 0 bridgehead atoms.